The summed E-state index contributed by atoms with van der Waals surface area (Å²) in [5, 5.41) is 12.8. The molecule has 20 heavy (non-hydrogen) atoms. The van der Waals surface area contributed by atoms with Crippen molar-refractivity contribution in [2.75, 3.05) is 5.32 Å². The third-order valence-electron chi connectivity index (χ3n) is 4.42. The van der Waals surface area contributed by atoms with Gasteiger partial charge in [-0.2, -0.15) is 5.26 Å². The minimum atomic E-state index is 0.507. The molecule has 2 rings (SSSR count). The average molecular weight is 335 g/mol. The van der Waals surface area contributed by atoms with E-state index in [-0.39, 0.29) is 0 Å². The van der Waals surface area contributed by atoms with Gasteiger partial charge in [0.15, 0.2) is 0 Å². The molecule has 0 saturated heterocycles. The molecule has 1 N–H and O–H groups in total. The van der Waals surface area contributed by atoms with Gasteiger partial charge in [-0.15, -0.1) is 0 Å². The van der Waals surface area contributed by atoms with E-state index in [9.17, 15) is 5.26 Å². The van der Waals surface area contributed by atoms with Gasteiger partial charge in [-0.25, -0.2) is 0 Å². The van der Waals surface area contributed by atoms with Crippen LogP contribution in [0, 0.1) is 23.2 Å². The highest BCUT2D eigenvalue weighted by molar-refractivity contribution is 9.10. The Hall–Kier alpha value is -1.01. The van der Waals surface area contributed by atoms with Gasteiger partial charge in [0.05, 0.1) is 11.3 Å². The van der Waals surface area contributed by atoms with Crippen molar-refractivity contribution in [3.8, 4) is 6.07 Å². The van der Waals surface area contributed by atoms with Crippen LogP contribution in [0.1, 0.15) is 51.5 Å². The summed E-state index contributed by atoms with van der Waals surface area (Å²) < 4.78 is 0.959. The summed E-state index contributed by atoms with van der Waals surface area (Å²) in [5.74, 6) is 1.65. The molecule has 0 heterocycles. The molecular formula is C17H23BrN2. The van der Waals surface area contributed by atoms with Crippen molar-refractivity contribution in [3.63, 3.8) is 0 Å². The van der Waals surface area contributed by atoms with E-state index < -0.39 is 0 Å². The topological polar surface area (TPSA) is 35.8 Å². The Bertz CT molecular complexity index is 490. The number of hydrogen-bond acceptors (Lipinski definition) is 2. The van der Waals surface area contributed by atoms with E-state index in [0.29, 0.717) is 6.04 Å². The van der Waals surface area contributed by atoms with Crippen LogP contribution in [0.5, 0.6) is 0 Å². The molecule has 0 aromatic heterocycles. The van der Waals surface area contributed by atoms with Crippen LogP contribution in [-0.4, -0.2) is 6.04 Å². The zero-order chi connectivity index (χ0) is 14.5. The molecule has 108 valence electrons. The molecule has 1 aliphatic rings. The average Bonchev–Trinajstić information content (AvgIpc) is 2.66. The Balaban J connectivity index is 2.02. The largest absolute Gasteiger partial charge is 0.381 e. The number of benzene rings is 1. The minimum absolute atomic E-state index is 0.507. The lowest BCUT2D eigenvalue weighted by molar-refractivity contribution is 0.341. The lowest BCUT2D eigenvalue weighted by Gasteiger charge is -2.20. The van der Waals surface area contributed by atoms with Gasteiger partial charge in [0.25, 0.3) is 0 Å². The van der Waals surface area contributed by atoms with Crippen LogP contribution in [0.3, 0.4) is 0 Å². The first-order valence-corrected chi connectivity index (χ1v) is 8.35. The van der Waals surface area contributed by atoms with Gasteiger partial charge >= 0.3 is 0 Å². The summed E-state index contributed by atoms with van der Waals surface area (Å²) in [4.78, 5) is 0. The zero-order valence-electron chi connectivity index (χ0n) is 12.3. The van der Waals surface area contributed by atoms with Crippen molar-refractivity contribution in [2.24, 2.45) is 11.8 Å². The molecule has 1 aromatic rings. The van der Waals surface area contributed by atoms with Crippen molar-refractivity contribution < 1.29 is 0 Å². The van der Waals surface area contributed by atoms with Gasteiger partial charge < -0.3 is 5.32 Å². The number of halogens is 1. The van der Waals surface area contributed by atoms with E-state index in [1.165, 1.54) is 32.1 Å². The normalized spacial score (nSPS) is 23.1. The quantitative estimate of drug-likeness (QED) is 0.757. The maximum Gasteiger partial charge on any atom is 0.101 e. The zero-order valence-corrected chi connectivity index (χ0v) is 13.9. The van der Waals surface area contributed by atoms with Gasteiger partial charge in [0.2, 0.25) is 0 Å². The van der Waals surface area contributed by atoms with Crippen LogP contribution >= 0.6 is 15.9 Å². The summed E-state index contributed by atoms with van der Waals surface area (Å²) in [7, 11) is 0. The Morgan fingerprint density at radius 2 is 2.05 bits per heavy atom. The molecule has 0 radical (unpaired) electrons. The fourth-order valence-electron chi connectivity index (χ4n) is 3.10. The molecular weight excluding hydrogens is 312 g/mol. The lowest BCUT2D eigenvalue weighted by atomic mass is 9.89. The molecule has 0 spiro atoms. The minimum Gasteiger partial charge on any atom is -0.381 e. The molecule has 1 saturated carbocycles. The number of nitrogens with one attached hydrogen (secondary N) is 1. The maximum atomic E-state index is 9.23. The molecule has 1 fully saturated rings. The van der Waals surface area contributed by atoms with Crippen molar-refractivity contribution in [1.82, 2.24) is 0 Å². The number of nitriles is 1. The van der Waals surface area contributed by atoms with Crippen LogP contribution < -0.4 is 5.32 Å². The van der Waals surface area contributed by atoms with Crippen molar-refractivity contribution >= 4 is 21.6 Å². The molecule has 3 heteroatoms. The second kappa shape index (κ2) is 7.13. The Morgan fingerprint density at radius 3 is 2.75 bits per heavy atom. The first-order valence-electron chi connectivity index (χ1n) is 7.56. The molecule has 0 amide bonds. The molecule has 2 atom stereocenters. The molecule has 1 aromatic carbocycles. The van der Waals surface area contributed by atoms with Gasteiger partial charge in [0, 0.05) is 10.5 Å². The SMILES string of the molecule is CC(C)C1CCCC(Nc2ccc(Br)cc2C#N)CC1. The van der Waals surface area contributed by atoms with Crippen LogP contribution in [-0.2, 0) is 0 Å². The Morgan fingerprint density at radius 1 is 1.25 bits per heavy atom. The highest BCUT2D eigenvalue weighted by Gasteiger charge is 2.21. The third-order valence-corrected chi connectivity index (χ3v) is 4.91. The number of nitrogens with zero attached hydrogens (tertiary/aromatic N) is 1. The van der Waals surface area contributed by atoms with E-state index in [4.69, 9.17) is 0 Å². The van der Waals surface area contributed by atoms with E-state index in [1.807, 2.05) is 18.2 Å². The Labute approximate surface area is 130 Å². The number of anilines is 1. The fourth-order valence-corrected chi connectivity index (χ4v) is 3.46. The van der Waals surface area contributed by atoms with E-state index >= 15 is 0 Å². The van der Waals surface area contributed by atoms with E-state index in [2.05, 4.69) is 41.2 Å². The highest BCUT2D eigenvalue weighted by Crippen LogP contribution is 2.31. The van der Waals surface area contributed by atoms with E-state index in [0.717, 1.165) is 27.6 Å². The second-order valence-electron chi connectivity index (χ2n) is 6.16. The predicted octanol–water partition coefficient (Wildman–Crippen LogP) is 5.34. The first-order chi connectivity index (χ1) is 9.60. The van der Waals surface area contributed by atoms with Crippen molar-refractivity contribution in [1.29, 1.82) is 5.26 Å². The van der Waals surface area contributed by atoms with Crippen molar-refractivity contribution in [2.45, 2.75) is 52.0 Å². The number of rotatable bonds is 3. The summed E-state index contributed by atoms with van der Waals surface area (Å²) in [6, 6.07) is 8.67. The molecule has 2 unspecified atom stereocenters. The molecule has 0 aliphatic heterocycles. The molecule has 2 nitrogen and oxygen atoms in total. The fraction of sp³-hybridized carbons (Fsp3) is 0.588. The van der Waals surface area contributed by atoms with Crippen LogP contribution in [0.25, 0.3) is 0 Å². The van der Waals surface area contributed by atoms with Gasteiger partial charge in [0.1, 0.15) is 6.07 Å². The third kappa shape index (κ3) is 3.99. The molecule has 1 aliphatic carbocycles. The van der Waals surface area contributed by atoms with Crippen LogP contribution in [0.4, 0.5) is 5.69 Å². The Kier molecular flexibility index (Phi) is 5.48. The van der Waals surface area contributed by atoms with E-state index in [1.54, 1.807) is 0 Å². The number of hydrogen-bond donors (Lipinski definition) is 1. The monoisotopic (exact) mass is 334 g/mol. The van der Waals surface area contributed by atoms with Gasteiger partial charge in [-0.3, -0.25) is 0 Å². The predicted molar refractivity (Wildman–Crippen MR) is 87.7 cm³/mol. The summed E-state index contributed by atoms with van der Waals surface area (Å²) in [6.07, 6.45) is 6.36. The summed E-state index contributed by atoms with van der Waals surface area (Å²) >= 11 is 3.42. The lowest BCUT2D eigenvalue weighted by Crippen LogP contribution is -2.19. The van der Waals surface area contributed by atoms with Crippen molar-refractivity contribution in [3.05, 3.63) is 28.2 Å². The second-order valence-corrected chi connectivity index (χ2v) is 7.07. The smallest absolute Gasteiger partial charge is 0.101 e. The van der Waals surface area contributed by atoms with Crippen LogP contribution in [0.15, 0.2) is 22.7 Å². The molecule has 0 bridgehead atoms. The van der Waals surface area contributed by atoms with Gasteiger partial charge in [-0.05, 0) is 49.3 Å². The highest BCUT2D eigenvalue weighted by atomic mass is 79.9. The standard InChI is InChI=1S/C17H23BrN2/c1-12(2)13-4-3-5-16(8-6-13)20-17-9-7-15(18)10-14(17)11-19/h7,9-10,12-13,16,20H,3-6,8H2,1-2H3. The summed E-state index contributed by atoms with van der Waals surface area (Å²) in [5.41, 5.74) is 1.70. The first kappa shape index (κ1) is 15.4. The summed E-state index contributed by atoms with van der Waals surface area (Å²) in [6.45, 7) is 4.67. The van der Waals surface area contributed by atoms with Crippen LogP contribution in [0.2, 0.25) is 0 Å². The van der Waals surface area contributed by atoms with Gasteiger partial charge in [-0.1, -0.05) is 42.6 Å². The maximum absolute atomic E-state index is 9.23.